The first-order chi connectivity index (χ1) is 16.4. The van der Waals surface area contributed by atoms with E-state index in [1.807, 2.05) is 0 Å². The van der Waals surface area contributed by atoms with E-state index in [2.05, 4.69) is 9.78 Å². The minimum Gasteiger partial charge on any atom is -0.243 e. The first kappa shape index (κ1) is 31.8. The lowest BCUT2D eigenvalue weighted by Crippen LogP contribution is -2.82. The van der Waals surface area contributed by atoms with E-state index in [0.29, 0.717) is 0 Å². The van der Waals surface area contributed by atoms with Crippen LogP contribution in [0.15, 0.2) is 0 Å². The molecule has 0 amide bonds. The van der Waals surface area contributed by atoms with Gasteiger partial charge in [-0.3, -0.25) is 0 Å². The molecule has 24 heteroatoms. The highest BCUT2D eigenvalue weighted by Crippen LogP contribution is 2.67. The molecular weight excluding hydrogens is 612 g/mol. The Morgan fingerprint density at radius 1 is 0.395 bits per heavy atom. The minimum atomic E-state index is -7.78. The van der Waals surface area contributed by atoms with Crippen LogP contribution < -0.4 is 0 Å². The Balaban J connectivity index is 2.53. The Bertz CT molecular complexity index is 943. The summed E-state index contributed by atoms with van der Waals surface area (Å²) in [6.07, 6.45) is -12.3. The summed E-state index contributed by atoms with van der Waals surface area (Å²) >= 11 is 0. The molecule has 2 fully saturated rings. The molecule has 4 atom stereocenters. The summed E-state index contributed by atoms with van der Waals surface area (Å²) in [7, 11) is 0. The summed E-state index contributed by atoms with van der Waals surface area (Å²) in [5.41, 5.74) is -14.3. The Kier molecular flexibility index (Phi) is 6.34. The maximum atomic E-state index is 14.3. The largest absolute Gasteiger partial charge is 0.402 e. The number of carbonyl (C=O) groups excluding carboxylic acids is 2. The summed E-state index contributed by atoms with van der Waals surface area (Å²) in [5, 5.41) is 0. The number of alkyl halides is 20. The van der Waals surface area contributed by atoms with Crippen LogP contribution in [0.25, 0.3) is 0 Å². The molecule has 4 nitrogen and oxygen atoms in total. The quantitative estimate of drug-likeness (QED) is 0.244. The van der Waals surface area contributed by atoms with Gasteiger partial charge in [-0.25, -0.2) is 36.9 Å². The van der Waals surface area contributed by atoms with Gasteiger partial charge in [0.2, 0.25) is 12.3 Å². The molecule has 2 aliphatic carbocycles. The maximum Gasteiger partial charge on any atom is 0.402 e. The third kappa shape index (κ3) is 2.91. The molecule has 0 aliphatic heterocycles. The van der Waals surface area contributed by atoms with Crippen LogP contribution in [0, 0.1) is 0 Å². The highest BCUT2D eigenvalue weighted by Gasteiger charge is 2.99. The van der Waals surface area contributed by atoms with Gasteiger partial charge in [-0.2, -0.15) is 70.2 Å². The van der Waals surface area contributed by atoms with Crippen molar-refractivity contribution >= 4 is 11.9 Å². The molecule has 0 radical (unpaired) electrons. The van der Waals surface area contributed by atoms with Gasteiger partial charge in [0, 0.05) is 0 Å². The SMILES string of the molecule is O=C(OOC(=O)C1(F)C(F)C(F)(F)C(F)(F)C(F)(F)C1(F)F)C1(F)C(F)C(F)(F)C(F)(F)C(F)(F)C1(F)F. The summed E-state index contributed by atoms with van der Waals surface area (Å²) in [4.78, 5) is 27.1. The molecule has 38 heavy (non-hydrogen) atoms. The van der Waals surface area contributed by atoms with Gasteiger partial charge in [0.15, 0.2) is 0 Å². The van der Waals surface area contributed by atoms with Crippen molar-refractivity contribution < 1.29 is 107 Å². The van der Waals surface area contributed by atoms with Crippen LogP contribution in [-0.2, 0) is 19.4 Å². The topological polar surface area (TPSA) is 52.6 Å². The van der Waals surface area contributed by atoms with Crippen LogP contribution in [0.3, 0.4) is 0 Å². The lowest BCUT2D eigenvalue weighted by atomic mass is 9.74. The lowest BCUT2D eigenvalue weighted by molar-refractivity contribution is -0.444. The molecule has 0 aromatic carbocycles. The summed E-state index contributed by atoms with van der Waals surface area (Å²) in [6.45, 7) is 0. The number of carbonyl (C=O) groups is 2. The third-order valence-electron chi connectivity index (χ3n) is 5.45. The zero-order valence-corrected chi connectivity index (χ0v) is 16.3. The van der Waals surface area contributed by atoms with E-state index in [4.69, 9.17) is 0 Å². The van der Waals surface area contributed by atoms with Crippen molar-refractivity contribution in [1.29, 1.82) is 0 Å². The van der Waals surface area contributed by atoms with E-state index < -0.39 is 83.0 Å². The van der Waals surface area contributed by atoms with E-state index in [1.165, 1.54) is 0 Å². The molecule has 2 saturated carbocycles. The maximum absolute atomic E-state index is 14.3. The number of hydrogen-bond donors (Lipinski definition) is 0. The van der Waals surface area contributed by atoms with E-state index >= 15 is 0 Å². The smallest absolute Gasteiger partial charge is 0.243 e. The molecule has 0 saturated heterocycles. The molecule has 0 spiro atoms. The Labute approximate surface area is 191 Å². The molecule has 0 aromatic heterocycles. The van der Waals surface area contributed by atoms with Crippen LogP contribution in [0.4, 0.5) is 87.8 Å². The second-order valence-corrected chi connectivity index (χ2v) is 7.58. The highest BCUT2D eigenvalue weighted by atomic mass is 19.4. The number of halogens is 20. The molecule has 2 rings (SSSR count). The normalized spacial score (nSPS) is 39.1. The van der Waals surface area contributed by atoms with Gasteiger partial charge in [0.25, 0.3) is 0 Å². The summed E-state index contributed by atoms with van der Waals surface area (Å²) < 4.78 is 269. The average Bonchev–Trinajstić information content (AvgIpc) is 2.77. The van der Waals surface area contributed by atoms with Gasteiger partial charge in [0.05, 0.1) is 0 Å². The fraction of sp³-hybridized carbons (Fsp3) is 0.857. The molecule has 222 valence electrons. The van der Waals surface area contributed by atoms with Crippen molar-refractivity contribution in [3.05, 3.63) is 0 Å². The summed E-state index contributed by atoms with van der Waals surface area (Å²) in [5.74, 6) is -69.8. The van der Waals surface area contributed by atoms with Crippen LogP contribution in [-0.4, -0.2) is 83.0 Å². The lowest BCUT2D eigenvalue weighted by Gasteiger charge is -2.49. The number of rotatable bonds is 2. The minimum absolute atomic E-state index is 2.24. The van der Waals surface area contributed by atoms with E-state index in [0.717, 1.165) is 0 Å². The summed E-state index contributed by atoms with van der Waals surface area (Å²) in [6, 6.07) is 0. The van der Waals surface area contributed by atoms with Crippen molar-refractivity contribution in [1.82, 2.24) is 0 Å². The van der Waals surface area contributed by atoms with E-state index in [1.54, 1.807) is 0 Å². The van der Waals surface area contributed by atoms with E-state index in [-0.39, 0.29) is 0 Å². The molecule has 0 heterocycles. The van der Waals surface area contributed by atoms with Gasteiger partial charge in [0.1, 0.15) is 0 Å². The standard InChI is InChI=1S/C14H2F20O4/c15-1-5(17,9(23,24)13(31,32)11(27,28)7(1,19)20)3(35)37-38-4(36)6(18)2(16)8(21,22)12(29,30)14(33,34)10(6,25)26/h1-2H. The highest BCUT2D eigenvalue weighted by molar-refractivity contribution is 5.86. The fourth-order valence-corrected chi connectivity index (χ4v) is 3.07. The van der Waals surface area contributed by atoms with Crippen molar-refractivity contribution in [2.45, 2.75) is 71.1 Å². The van der Waals surface area contributed by atoms with Gasteiger partial charge in [-0.05, 0) is 0 Å². The van der Waals surface area contributed by atoms with Crippen molar-refractivity contribution in [3.63, 3.8) is 0 Å². The Hall–Kier alpha value is -2.46. The second-order valence-electron chi connectivity index (χ2n) is 7.58. The predicted octanol–water partition coefficient (Wildman–Crippen LogP) is 5.19. The van der Waals surface area contributed by atoms with Gasteiger partial charge >= 0.3 is 70.7 Å². The molecule has 0 N–H and O–H groups in total. The van der Waals surface area contributed by atoms with Crippen molar-refractivity contribution in [3.8, 4) is 0 Å². The van der Waals surface area contributed by atoms with Crippen molar-refractivity contribution in [2.75, 3.05) is 0 Å². The van der Waals surface area contributed by atoms with Crippen molar-refractivity contribution in [2.24, 2.45) is 0 Å². The molecule has 2 aliphatic rings. The first-order valence-corrected chi connectivity index (χ1v) is 8.48. The van der Waals surface area contributed by atoms with Crippen LogP contribution >= 0.6 is 0 Å². The van der Waals surface area contributed by atoms with Gasteiger partial charge in [-0.15, -0.1) is 0 Å². The van der Waals surface area contributed by atoms with E-state index in [9.17, 15) is 97.4 Å². The molecule has 4 unspecified atom stereocenters. The second kappa shape index (κ2) is 7.59. The molecule has 0 aromatic rings. The Morgan fingerprint density at radius 2 is 0.605 bits per heavy atom. The molecular formula is C14H2F20O4. The zero-order valence-electron chi connectivity index (χ0n) is 16.3. The monoisotopic (exact) mass is 614 g/mol. The Morgan fingerprint density at radius 3 is 0.816 bits per heavy atom. The third-order valence-corrected chi connectivity index (χ3v) is 5.45. The molecule has 0 bridgehead atoms. The average molecular weight is 614 g/mol. The van der Waals surface area contributed by atoms with Crippen LogP contribution in [0.2, 0.25) is 0 Å². The predicted molar refractivity (Wildman–Crippen MR) is 69.2 cm³/mol. The fourth-order valence-electron chi connectivity index (χ4n) is 3.07. The van der Waals surface area contributed by atoms with Crippen LogP contribution in [0.5, 0.6) is 0 Å². The van der Waals surface area contributed by atoms with Gasteiger partial charge in [-0.1, -0.05) is 0 Å². The first-order valence-electron chi connectivity index (χ1n) is 8.48. The zero-order chi connectivity index (χ0) is 30.7. The van der Waals surface area contributed by atoms with Gasteiger partial charge < -0.3 is 0 Å². The number of hydrogen-bond acceptors (Lipinski definition) is 4. The van der Waals surface area contributed by atoms with Crippen LogP contribution in [0.1, 0.15) is 0 Å².